The molecule has 2 aromatic carbocycles. The molecule has 2 aliphatic heterocycles. The molecule has 0 radical (unpaired) electrons. The lowest BCUT2D eigenvalue weighted by atomic mass is 9.77. The van der Waals surface area contributed by atoms with Crippen molar-refractivity contribution in [1.29, 1.82) is 5.26 Å². The van der Waals surface area contributed by atoms with Gasteiger partial charge in [0.15, 0.2) is 0 Å². The van der Waals surface area contributed by atoms with Crippen LogP contribution < -0.4 is 4.90 Å². The highest BCUT2D eigenvalue weighted by Gasteiger charge is 2.44. The van der Waals surface area contributed by atoms with Crippen molar-refractivity contribution < 1.29 is 13.5 Å². The van der Waals surface area contributed by atoms with Crippen LogP contribution in [-0.4, -0.2) is 37.1 Å². The summed E-state index contributed by atoms with van der Waals surface area (Å²) in [4.78, 5) is 4.74. The van der Waals surface area contributed by atoms with Crippen LogP contribution in [0.2, 0.25) is 0 Å². The quantitative estimate of drug-likeness (QED) is 0.668. The highest BCUT2D eigenvalue weighted by molar-refractivity contribution is 5.85. The van der Waals surface area contributed by atoms with Gasteiger partial charge in [-0.25, -0.2) is 8.78 Å². The zero-order valence-corrected chi connectivity index (χ0v) is 18.1. The number of halogens is 3. The Bertz CT molecular complexity index is 993. The fourth-order valence-electron chi connectivity index (χ4n) is 5.40. The van der Waals surface area contributed by atoms with Crippen LogP contribution in [0.1, 0.15) is 42.4 Å². The third-order valence-corrected chi connectivity index (χ3v) is 7.09. The van der Waals surface area contributed by atoms with E-state index < -0.39 is 5.82 Å². The third kappa shape index (κ3) is 4.03. The van der Waals surface area contributed by atoms with E-state index in [-0.39, 0.29) is 29.4 Å². The number of hydrogen-bond donors (Lipinski definition) is 0. The molecule has 0 amide bonds. The molecule has 31 heavy (non-hydrogen) atoms. The van der Waals surface area contributed by atoms with Crippen molar-refractivity contribution in [3.8, 4) is 6.07 Å². The van der Waals surface area contributed by atoms with Crippen molar-refractivity contribution in [2.24, 2.45) is 0 Å². The van der Waals surface area contributed by atoms with Gasteiger partial charge in [-0.3, -0.25) is 4.90 Å². The first-order valence-electron chi connectivity index (χ1n) is 10.7. The summed E-state index contributed by atoms with van der Waals surface area (Å²) in [6.07, 6.45) is 4.08. The molecule has 1 saturated heterocycles. The maximum absolute atomic E-state index is 14.0. The molecule has 5 rings (SSSR count). The molecule has 0 N–H and O–H groups in total. The summed E-state index contributed by atoms with van der Waals surface area (Å²) >= 11 is 0. The number of hydrogen-bond acceptors (Lipinski definition) is 4. The first kappa shape index (κ1) is 22.0. The van der Waals surface area contributed by atoms with E-state index in [1.165, 1.54) is 11.6 Å². The molecule has 0 aromatic heterocycles. The number of nitrogens with zero attached hydrogens (tertiary/aromatic N) is 3. The van der Waals surface area contributed by atoms with Crippen LogP contribution in [0.25, 0.3) is 0 Å². The smallest absolute Gasteiger partial charge is 0.143 e. The number of fused-ring (bicyclic) bond motifs is 2. The van der Waals surface area contributed by atoms with Gasteiger partial charge in [-0.2, -0.15) is 5.26 Å². The van der Waals surface area contributed by atoms with E-state index in [0.29, 0.717) is 12.6 Å². The van der Waals surface area contributed by atoms with E-state index in [2.05, 4.69) is 9.80 Å². The second-order valence-electron chi connectivity index (χ2n) is 8.61. The average Bonchev–Trinajstić information content (AvgIpc) is 3.11. The van der Waals surface area contributed by atoms with Gasteiger partial charge in [0.1, 0.15) is 17.7 Å². The minimum atomic E-state index is -0.452. The van der Waals surface area contributed by atoms with Crippen LogP contribution in [0, 0.1) is 23.0 Å². The predicted octanol–water partition coefficient (Wildman–Crippen LogP) is 4.75. The number of piperazine rings is 1. The van der Waals surface area contributed by atoms with Gasteiger partial charge in [0.25, 0.3) is 0 Å². The van der Waals surface area contributed by atoms with E-state index in [1.54, 1.807) is 18.2 Å². The first-order chi connectivity index (χ1) is 14.6. The maximum Gasteiger partial charge on any atom is 0.143 e. The lowest BCUT2D eigenvalue weighted by molar-refractivity contribution is -0.0777. The van der Waals surface area contributed by atoms with Gasteiger partial charge in [-0.15, -0.1) is 12.4 Å². The largest absolute Gasteiger partial charge is 0.369 e. The Morgan fingerprint density at radius 1 is 1.00 bits per heavy atom. The van der Waals surface area contributed by atoms with Crippen LogP contribution in [0.3, 0.4) is 0 Å². The summed E-state index contributed by atoms with van der Waals surface area (Å²) in [5.74, 6) is -0.644. The van der Waals surface area contributed by atoms with Gasteiger partial charge in [-0.05, 0) is 67.1 Å². The van der Waals surface area contributed by atoms with Crippen molar-refractivity contribution in [2.45, 2.75) is 43.9 Å². The minimum Gasteiger partial charge on any atom is -0.369 e. The van der Waals surface area contributed by atoms with E-state index >= 15 is 0 Å². The molecule has 2 aromatic rings. The maximum atomic E-state index is 14.0. The van der Waals surface area contributed by atoms with Crippen LogP contribution in [0.5, 0.6) is 0 Å². The topological polar surface area (TPSA) is 39.5 Å². The zero-order chi connectivity index (χ0) is 20.7. The van der Waals surface area contributed by atoms with Gasteiger partial charge in [-0.1, -0.05) is 6.07 Å². The molecule has 1 spiro atoms. The van der Waals surface area contributed by atoms with Gasteiger partial charge in [0.05, 0.1) is 17.8 Å². The molecule has 2 fully saturated rings. The average molecular weight is 446 g/mol. The Kier molecular flexibility index (Phi) is 6.20. The number of anilines is 1. The number of benzene rings is 2. The highest BCUT2D eigenvalue weighted by atomic mass is 35.5. The second-order valence-corrected chi connectivity index (χ2v) is 8.61. The van der Waals surface area contributed by atoms with E-state index in [1.807, 2.05) is 18.2 Å². The van der Waals surface area contributed by atoms with Crippen molar-refractivity contribution in [3.63, 3.8) is 0 Å². The summed E-state index contributed by atoms with van der Waals surface area (Å²) < 4.78 is 33.7. The van der Waals surface area contributed by atoms with Crippen LogP contribution in [0.4, 0.5) is 14.5 Å². The minimum absolute atomic E-state index is 0. The molecule has 2 heterocycles. The Balaban J connectivity index is 0.00000231. The third-order valence-electron chi connectivity index (χ3n) is 7.09. The SMILES string of the molecule is Cl.N#Cc1ccc(N2CCN(C3CCC4(CC3)OCc3cc(F)ccc34)CC2)cc1F. The van der Waals surface area contributed by atoms with E-state index in [4.69, 9.17) is 10.00 Å². The lowest BCUT2D eigenvalue weighted by Crippen LogP contribution is -2.52. The zero-order valence-electron chi connectivity index (χ0n) is 17.3. The molecule has 7 heteroatoms. The van der Waals surface area contributed by atoms with Gasteiger partial charge in [0.2, 0.25) is 0 Å². The van der Waals surface area contributed by atoms with Gasteiger partial charge >= 0.3 is 0 Å². The Labute approximate surface area is 187 Å². The van der Waals surface area contributed by atoms with Crippen LogP contribution >= 0.6 is 12.4 Å². The normalized spacial score (nSPS) is 25.7. The summed E-state index contributed by atoms with van der Waals surface area (Å²) in [5, 5.41) is 8.91. The van der Waals surface area contributed by atoms with E-state index in [9.17, 15) is 8.78 Å². The Morgan fingerprint density at radius 3 is 2.42 bits per heavy atom. The predicted molar refractivity (Wildman–Crippen MR) is 117 cm³/mol. The standard InChI is InChI=1S/C24H25F2N3O.ClH/c25-19-2-4-22-18(13-19)16-30-24(22)7-5-20(6-8-24)28-9-11-29(12-10-28)21-3-1-17(15-27)23(26)14-21;/h1-4,13-14,20H,5-12,16H2;1H. The van der Waals surface area contributed by atoms with Crippen LogP contribution in [-0.2, 0) is 16.9 Å². The van der Waals surface area contributed by atoms with Gasteiger partial charge in [0, 0.05) is 37.9 Å². The summed E-state index contributed by atoms with van der Waals surface area (Å²) in [7, 11) is 0. The highest BCUT2D eigenvalue weighted by Crippen LogP contribution is 2.47. The van der Waals surface area contributed by atoms with Crippen LogP contribution in [0.15, 0.2) is 36.4 Å². The van der Waals surface area contributed by atoms with Crippen molar-refractivity contribution in [1.82, 2.24) is 4.90 Å². The molecule has 0 atom stereocenters. The molecule has 164 valence electrons. The molecular formula is C24H26ClF2N3O. The number of nitriles is 1. The molecular weight excluding hydrogens is 420 g/mol. The molecule has 1 saturated carbocycles. The Hall–Kier alpha value is -2.20. The summed E-state index contributed by atoms with van der Waals surface area (Å²) in [5.41, 5.74) is 2.87. The lowest BCUT2D eigenvalue weighted by Gasteiger charge is -2.45. The molecule has 1 aliphatic carbocycles. The first-order valence-corrected chi connectivity index (χ1v) is 10.7. The van der Waals surface area contributed by atoms with Crippen molar-refractivity contribution in [3.05, 3.63) is 64.7 Å². The summed E-state index contributed by atoms with van der Waals surface area (Å²) in [6.45, 7) is 4.11. The fourth-order valence-corrected chi connectivity index (χ4v) is 5.40. The fraction of sp³-hybridized carbons (Fsp3) is 0.458. The Morgan fingerprint density at radius 2 is 1.74 bits per heavy atom. The van der Waals surface area contributed by atoms with E-state index in [0.717, 1.165) is 63.1 Å². The van der Waals surface area contributed by atoms with Crippen molar-refractivity contribution in [2.75, 3.05) is 31.1 Å². The van der Waals surface area contributed by atoms with Gasteiger partial charge < -0.3 is 9.64 Å². The molecule has 4 nitrogen and oxygen atoms in total. The molecule has 0 unspecified atom stereocenters. The monoisotopic (exact) mass is 445 g/mol. The molecule has 3 aliphatic rings. The summed E-state index contributed by atoms with van der Waals surface area (Å²) in [6, 6.07) is 12.3. The number of rotatable bonds is 2. The second kappa shape index (κ2) is 8.74. The number of ether oxygens (including phenoxy) is 1. The van der Waals surface area contributed by atoms with Crippen molar-refractivity contribution >= 4 is 18.1 Å². The molecule has 0 bridgehead atoms.